The molecule has 3 rings (SSSR count). The van der Waals surface area contributed by atoms with E-state index in [9.17, 15) is 4.79 Å². The predicted molar refractivity (Wildman–Crippen MR) is 88.9 cm³/mol. The Morgan fingerprint density at radius 2 is 2.22 bits per heavy atom. The van der Waals surface area contributed by atoms with Crippen molar-refractivity contribution in [1.29, 1.82) is 0 Å². The van der Waals surface area contributed by atoms with Crippen LogP contribution in [-0.4, -0.2) is 41.9 Å². The third-order valence-corrected chi connectivity index (χ3v) is 4.15. The van der Waals surface area contributed by atoms with Crippen LogP contribution in [0.2, 0.25) is 0 Å². The van der Waals surface area contributed by atoms with Crippen LogP contribution in [0.4, 0.5) is 5.69 Å². The van der Waals surface area contributed by atoms with Crippen LogP contribution in [0.5, 0.6) is 5.75 Å². The second-order valence-corrected chi connectivity index (χ2v) is 5.83. The zero-order chi connectivity index (χ0) is 16.2. The highest BCUT2D eigenvalue weighted by Gasteiger charge is 2.24. The number of aryl methyl sites for hydroxylation is 1. The summed E-state index contributed by atoms with van der Waals surface area (Å²) < 4.78 is 7.08. The van der Waals surface area contributed by atoms with Gasteiger partial charge in [-0.3, -0.25) is 9.48 Å². The van der Waals surface area contributed by atoms with Gasteiger partial charge in [-0.25, -0.2) is 0 Å². The number of amides is 1. The van der Waals surface area contributed by atoms with E-state index in [1.165, 1.54) is 0 Å². The molecule has 0 unspecified atom stereocenters. The summed E-state index contributed by atoms with van der Waals surface area (Å²) in [7, 11) is 3.49. The number of carbonyl (C=O) groups is 1. The Morgan fingerprint density at radius 3 is 2.96 bits per heavy atom. The van der Waals surface area contributed by atoms with E-state index >= 15 is 0 Å². The summed E-state index contributed by atoms with van der Waals surface area (Å²) in [6.07, 6.45) is 5.35. The number of para-hydroxylation sites is 2. The minimum atomic E-state index is -0.0648. The first-order valence-electron chi connectivity index (χ1n) is 7.85. The van der Waals surface area contributed by atoms with Gasteiger partial charge in [0.05, 0.1) is 24.6 Å². The quantitative estimate of drug-likeness (QED) is 0.935. The summed E-state index contributed by atoms with van der Waals surface area (Å²) in [5, 5.41) is 7.16. The zero-order valence-electron chi connectivity index (χ0n) is 13.5. The number of aromatic nitrogens is 2. The molecular weight excluding hydrogens is 292 g/mol. The molecular formula is C17H22N4O2. The number of hydrogen-bond acceptors (Lipinski definition) is 4. The Hall–Kier alpha value is -2.50. The van der Waals surface area contributed by atoms with Crippen LogP contribution in [0.15, 0.2) is 36.7 Å². The summed E-state index contributed by atoms with van der Waals surface area (Å²) in [6, 6.07) is 8.13. The van der Waals surface area contributed by atoms with Gasteiger partial charge in [-0.05, 0) is 25.0 Å². The molecule has 1 aliphatic heterocycles. The first-order valence-corrected chi connectivity index (χ1v) is 7.85. The Morgan fingerprint density at radius 1 is 1.39 bits per heavy atom. The lowest BCUT2D eigenvalue weighted by Gasteiger charge is -2.35. The number of methoxy groups -OCH3 is 1. The second kappa shape index (κ2) is 6.73. The lowest BCUT2D eigenvalue weighted by Crippen LogP contribution is -2.47. The Balaban J connectivity index is 1.67. The van der Waals surface area contributed by atoms with Crippen molar-refractivity contribution in [3.63, 3.8) is 0 Å². The Bertz CT molecular complexity index is 683. The van der Waals surface area contributed by atoms with Crippen LogP contribution < -0.4 is 15.0 Å². The minimum Gasteiger partial charge on any atom is -0.495 e. The standard InChI is InChI=1S/C17H22N4O2/c1-20-11-13(10-18-20)17(22)19-14-6-5-9-21(12-14)15-7-3-4-8-16(15)23-2/h3-4,7-8,10-11,14H,5-6,9,12H2,1-2H3,(H,19,22)/t14-/m0/s1. The van der Waals surface area contributed by atoms with Crippen molar-refractivity contribution in [3.8, 4) is 5.75 Å². The van der Waals surface area contributed by atoms with Gasteiger partial charge in [-0.2, -0.15) is 5.10 Å². The summed E-state index contributed by atoms with van der Waals surface area (Å²) in [5.41, 5.74) is 1.68. The molecule has 1 fully saturated rings. The first kappa shape index (κ1) is 15.4. The highest BCUT2D eigenvalue weighted by Crippen LogP contribution is 2.29. The Kier molecular flexibility index (Phi) is 4.50. The minimum absolute atomic E-state index is 0.0648. The van der Waals surface area contributed by atoms with E-state index in [1.807, 2.05) is 18.2 Å². The maximum atomic E-state index is 12.3. The summed E-state index contributed by atoms with van der Waals surface area (Å²) >= 11 is 0. The molecule has 1 aromatic carbocycles. The highest BCUT2D eigenvalue weighted by atomic mass is 16.5. The fourth-order valence-electron chi connectivity index (χ4n) is 3.01. The summed E-state index contributed by atoms with van der Waals surface area (Å²) in [6.45, 7) is 1.76. The second-order valence-electron chi connectivity index (χ2n) is 5.83. The van der Waals surface area contributed by atoms with Crippen molar-refractivity contribution >= 4 is 11.6 Å². The van der Waals surface area contributed by atoms with Crippen LogP contribution in [-0.2, 0) is 7.05 Å². The van der Waals surface area contributed by atoms with Crippen molar-refractivity contribution in [3.05, 3.63) is 42.2 Å². The number of carbonyl (C=O) groups excluding carboxylic acids is 1. The number of benzene rings is 1. The van der Waals surface area contributed by atoms with Crippen molar-refractivity contribution < 1.29 is 9.53 Å². The first-order chi connectivity index (χ1) is 11.2. The van der Waals surface area contributed by atoms with E-state index in [2.05, 4.69) is 21.4 Å². The number of nitrogens with zero attached hydrogens (tertiary/aromatic N) is 3. The third kappa shape index (κ3) is 3.47. The van der Waals surface area contributed by atoms with Gasteiger partial charge in [-0.1, -0.05) is 12.1 Å². The van der Waals surface area contributed by atoms with Crippen LogP contribution in [0.1, 0.15) is 23.2 Å². The normalized spacial score (nSPS) is 17.8. The molecule has 0 bridgehead atoms. The van der Waals surface area contributed by atoms with E-state index in [-0.39, 0.29) is 11.9 Å². The molecule has 1 saturated heterocycles. The monoisotopic (exact) mass is 314 g/mol. The average Bonchev–Trinajstić information content (AvgIpc) is 3.02. The highest BCUT2D eigenvalue weighted by molar-refractivity contribution is 5.93. The molecule has 1 aliphatic rings. The molecule has 23 heavy (non-hydrogen) atoms. The van der Waals surface area contributed by atoms with E-state index < -0.39 is 0 Å². The molecule has 122 valence electrons. The molecule has 6 nitrogen and oxygen atoms in total. The smallest absolute Gasteiger partial charge is 0.254 e. The van der Waals surface area contributed by atoms with Crippen molar-refractivity contribution in [2.24, 2.45) is 7.05 Å². The molecule has 2 heterocycles. The number of nitrogens with one attached hydrogen (secondary N) is 1. The summed E-state index contributed by atoms with van der Waals surface area (Å²) in [4.78, 5) is 14.6. The van der Waals surface area contributed by atoms with Crippen molar-refractivity contribution in [2.45, 2.75) is 18.9 Å². The lowest BCUT2D eigenvalue weighted by atomic mass is 10.0. The number of hydrogen-bond donors (Lipinski definition) is 1. The summed E-state index contributed by atoms with van der Waals surface area (Å²) in [5.74, 6) is 0.803. The fourth-order valence-corrected chi connectivity index (χ4v) is 3.01. The number of ether oxygens (including phenoxy) is 1. The molecule has 1 aromatic heterocycles. The maximum absolute atomic E-state index is 12.3. The SMILES string of the molecule is COc1ccccc1N1CCC[C@H](NC(=O)c2cnn(C)c2)C1. The van der Waals surface area contributed by atoms with Crippen LogP contribution in [0.3, 0.4) is 0 Å². The van der Waals surface area contributed by atoms with Gasteiger partial charge in [0.25, 0.3) is 5.91 Å². The molecule has 6 heteroatoms. The van der Waals surface area contributed by atoms with Gasteiger partial charge in [0.1, 0.15) is 5.75 Å². The van der Waals surface area contributed by atoms with E-state index in [1.54, 1.807) is 31.2 Å². The van der Waals surface area contributed by atoms with Crippen molar-refractivity contribution in [2.75, 3.05) is 25.1 Å². The number of rotatable bonds is 4. The lowest BCUT2D eigenvalue weighted by molar-refractivity contribution is 0.0933. The van der Waals surface area contributed by atoms with Gasteiger partial charge >= 0.3 is 0 Å². The van der Waals surface area contributed by atoms with Crippen molar-refractivity contribution in [1.82, 2.24) is 15.1 Å². The van der Waals surface area contributed by atoms with Crippen LogP contribution in [0, 0.1) is 0 Å². The maximum Gasteiger partial charge on any atom is 0.254 e. The van der Waals surface area contributed by atoms with Gasteiger partial charge in [0, 0.05) is 32.4 Å². The van der Waals surface area contributed by atoms with Crippen LogP contribution in [0.25, 0.3) is 0 Å². The fraction of sp³-hybridized carbons (Fsp3) is 0.412. The largest absolute Gasteiger partial charge is 0.495 e. The van der Waals surface area contributed by atoms with Crippen LogP contribution >= 0.6 is 0 Å². The number of piperidine rings is 1. The molecule has 1 N–H and O–H groups in total. The van der Waals surface area contributed by atoms with Gasteiger partial charge in [0.15, 0.2) is 0 Å². The van der Waals surface area contributed by atoms with E-state index in [4.69, 9.17) is 4.74 Å². The van der Waals surface area contributed by atoms with Gasteiger partial charge in [0.2, 0.25) is 0 Å². The Labute approximate surface area is 136 Å². The van der Waals surface area contributed by atoms with Gasteiger partial charge in [-0.15, -0.1) is 0 Å². The molecule has 0 spiro atoms. The molecule has 0 aliphatic carbocycles. The van der Waals surface area contributed by atoms with E-state index in [0.29, 0.717) is 5.56 Å². The number of anilines is 1. The van der Waals surface area contributed by atoms with E-state index in [0.717, 1.165) is 37.4 Å². The zero-order valence-corrected chi connectivity index (χ0v) is 13.5. The van der Waals surface area contributed by atoms with Gasteiger partial charge < -0.3 is 15.0 Å². The molecule has 0 radical (unpaired) electrons. The third-order valence-electron chi connectivity index (χ3n) is 4.15. The topological polar surface area (TPSA) is 59.4 Å². The average molecular weight is 314 g/mol. The molecule has 1 atom stereocenters. The molecule has 2 aromatic rings. The molecule has 1 amide bonds. The molecule has 0 saturated carbocycles. The predicted octanol–water partition coefficient (Wildman–Crippen LogP) is 1.83.